The van der Waals surface area contributed by atoms with Crippen molar-refractivity contribution in [1.29, 1.82) is 0 Å². The Morgan fingerprint density at radius 1 is 1.28 bits per heavy atom. The molecule has 2 rings (SSSR count). The smallest absolute Gasteiger partial charge is 0.167 e. The second-order valence-corrected chi connectivity index (χ2v) is 5.11. The van der Waals surface area contributed by atoms with Gasteiger partial charge in [-0.2, -0.15) is 0 Å². The molecule has 0 spiro atoms. The molecule has 0 amide bonds. The van der Waals surface area contributed by atoms with Gasteiger partial charge >= 0.3 is 0 Å². The third kappa shape index (κ3) is 2.47. The van der Waals surface area contributed by atoms with Crippen LogP contribution in [0, 0.1) is 5.92 Å². The first-order chi connectivity index (χ1) is 8.63. The van der Waals surface area contributed by atoms with Crippen LogP contribution in [-0.4, -0.2) is 5.78 Å². The molecule has 0 atom stereocenters. The number of rotatable bonds is 5. The van der Waals surface area contributed by atoms with Gasteiger partial charge in [-0.1, -0.05) is 39.0 Å². The van der Waals surface area contributed by atoms with Crippen molar-refractivity contribution in [3.8, 4) is 0 Å². The Balaban J connectivity index is 2.38. The highest BCUT2D eigenvalue weighted by molar-refractivity contribution is 6.08. The first-order valence-corrected chi connectivity index (χ1v) is 6.67. The van der Waals surface area contributed by atoms with Crippen molar-refractivity contribution in [2.75, 3.05) is 0 Å². The van der Waals surface area contributed by atoms with Crippen LogP contribution in [0.3, 0.4) is 0 Å². The molecule has 0 radical (unpaired) electrons. The summed E-state index contributed by atoms with van der Waals surface area (Å²) in [6.07, 6.45) is 2.30. The van der Waals surface area contributed by atoms with Gasteiger partial charge in [-0.15, -0.1) is 0 Å². The second-order valence-electron chi connectivity index (χ2n) is 5.11. The molecule has 0 saturated carbocycles. The number of carbonyl (C=O) groups excluding carboxylic acids is 1. The molecular formula is C16H20O2. The number of fused-ring (bicyclic) bond motifs is 1. The minimum absolute atomic E-state index is 0.213. The van der Waals surface area contributed by atoms with Crippen molar-refractivity contribution in [2.45, 2.75) is 40.0 Å². The van der Waals surface area contributed by atoms with Crippen LogP contribution in [0.1, 0.15) is 49.7 Å². The van der Waals surface area contributed by atoms with E-state index in [0.29, 0.717) is 12.3 Å². The zero-order valence-electron chi connectivity index (χ0n) is 11.3. The third-order valence-electron chi connectivity index (χ3n) is 3.22. The fourth-order valence-corrected chi connectivity index (χ4v) is 2.20. The first-order valence-electron chi connectivity index (χ1n) is 6.67. The molecule has 2 aromatic rings. The number of ketones is 1. The Bertz CT molecular complexity index is 549. The van der Waals surface area contributed by atoms with Crippen molar-refractivity contribution < 1.29 is 9.21 Å². The van der Waals surface area contributed by atoms with E-state index in [1.165, 1.54) is 0 Å². The van der Waals surface area contributed by atoms with E-state index in [-0.39, 0.29) is 5.78 Å². The predicted molar refractivity (Wildman–Crippen MR) is 74.0 cm³/mol. The lowest BCUT2D eigenvalue weighted by atomic mass is 9.98. The van der Waals surface area contributed by atoms with Crippen molar-refractivity contribution >= 4 is 16.8 Å². The zero-order chi connectivity index (χ0) is 13.1. The number of benzene rings is 1. The molecule has 0 saturated heterocycles. The summed E-state index contributed by atoms with van der Waals surface area (Å²) >= 11 is 0. The van der Waals surface area contributed by atoms with E-state index in [0.717, 1.165) is 35.1 Å². The highest BCUT2D eigenvalue weighted by atomic mass is 16.3. The number of Topliss-reactive ketones (excluding diaryl/α,β-unsaturated/α-hetero) is 1. The molecule has 2 nitrogen and oxygen atoms in total. The maximum Gasteiger partial charge on any atom is 0.167 e. The SMILES string of the molecule is CCc1oc2ccccc2c1C(=O)CCC(C)C. The largest absolute Gasteiger partial charge is 0.460 e. The van der Waals surface area contributed by atoms with E-state index in [2.05, 4.69) is 13.8 Å². The lowest BCUT2D eigenvalue weighted by Crippen LogP contribution is -2.03. The minimum Gasteiger partial charge on any atom is -0.460 e. The van der Waals surface area contributed by atoms with Gasteiger partial charge in [0.25, 0.3) is 0 Å². The third-order valence-corrected chi connectivity index (χ3v) is 3.22. The van der Waals surface area contributed by atoms with E-state index in [4.69, 9.17) is 4.42 Å². The topological polar surface area (TPSA) is 30.2 Å². The molecule has 0 aliphatic carbocycles. The van der Waals surface area contributed by atoms with Crippen LogP contribution in [0.4, 0.5) is 0 Å². The van der Waals surface area contributed by atoms with E-state index < -0.39 is 0 Å². The number of hydrogen-bond donors (Lipinski definition) is 0. The van der Waals surface area contributed by atoms with Crippen molar-refractivity contribution in [1.82, 2.24) is 0 Å². The predicted octanol–water partition coefficient (Wildman–Crippen LogP) is 4.61. The van der Waals surface area contributed by atoms with E-state index in [9.17, 15) is 4.79 Å². The Hall–Kier alpha value is -1.57. The molecular weight excluding hydrogens is 224 g/mol. The highest BCUT2D eigenvalue weighted by Gasteiger charge is 2.19. The second kappa shape index (κ2) is 5.38. The molecule has 0 fully saturated rings. The van der Waals surface area contributed by atoms with Crippen molar-refractivity contribution in [2.24, 2.45) is 5.92 Å². The number of furan rings is 1. The number of carbonyl (C=O) groups is 1. The van der Waals surface area contributed by atoms with Gasteiger partial charge in [0.1, 0.15) is 11.3 Å². The van der Waals surface area contributed by atoms with Crippen LogP contribution in [0.25, 0.3) is 11.0 Å². The number of hydrogen-bond acceptors (Lipinski definition) is 2. The van der Waals surface area contributed by atoms with Gasteiger partial charge in [0.2, 0.25) is 0 Å². The maximum atomic E-state index is 12.3. The van der Waals surface area contributed by atoms with E-state index in [1.54, 1.807) is 0 Å². The molecule has 0 N–H and O–H groups in total. The van der Waals surface area contributed by atoms with Gasteiger partial charge in [-0.05, 0) is 18.4 Å². The molecule has 0 aliphatic heterocycles. The molecule has 0 aliphatic rings. The molecule has 2 heteroatoms. The van der Waals surface area contributed by atoms with Crippen LogP contribution >= 0.6 is 0 Å². The van der Waals surface area contributed by atoms with E-state index >= 15 is 0 Å². The average molecular weight is 244 g/mol. The lowest BCUT2D eigenvalue weighted by Gasteiger charge is -2.04. The molecule has 18 heavy (non-hydrogen) atoms. The van der Waals surface area contributed by atoms with Gasteiger partial charge in [-0.25, -0.2) is 0 Å². The van der Waals surface area contributed by atoms with E-state index in [1.807, 2.05) is 31.2 Å². The van der Waals surface area contributed by atoms with Crippen LogP contribution in [0.2, 0.25) is 0 Å². The fourth-order valence-electron chi connectivity index (χ4n) is 2.20. The Labute approximate surface area is 108 Å². The van der Waals surface area contributed by atoms with Crippen molar-refractivity contribution in [3.05, 3.63) is 35.6 Å². The summed E-state index contributed by atoms with van der Waals surface area (Å²) in [5, 5.41) is 0.961. The van der Waals surface area contributed by atoms with Gasteiger partial charge in [0.15, 0.2) is 5.78 Å². The summed E-state index contributed by atoms with van der Waals surface area (Å²) < 4.78 is 5.76. The molecule has 0 unspecified atom stereocenters. The van der Waals surface area contributed by atoms with Crippen LogP contribution < -0.4 is 0 Å². The molecule has 1 aromatic heterocycles. The summed E-state index contributed by atoms with van der Waals surface area (Å²) in [4.78, 5) is 12.3. The van der Waals surface area contributed by atoms with Gasteiger partial charge < -0.3 is 4.42 Å². The monoisotopic (exact) mass is 244 g/mol. The number of aryl methyl sites for hydroxylation is 1. The molecule has 96 valence electrons. The molecule has 1 aromatic carbocycles. The van der Waals surface area contributed by atoms with Gasteiger partial charge in [0.05, 0.1) is 5.56 Å². The highest BCUT2D eigenvalue weighted by Crippen LogP contribution is 2.28. The van der Waals surface area contributed by atoms with Crippen LogP contribution in [-0.2, 0) is 6.42 Å². The summed E-state index contributed by atoms with van der Waals surface area (Å²) in [5.74, 6) is 1.59. The van der Waals surface area contributed by atoms with Crippen molar-refractivity contribution in [3.63, 3.8) is 0 Å². The quantitative estimate of drug-likeness (QED) is 0.719. The van der Waals surface area contributed by atoms with Crippen LogP contribution in [0.15, 0.2) is 28.7 Å². The molecule has 1 heterocycles. The Morgan fingerprint density at radius 2 is 2.00 bits per heavy atom. The maximum absolute atomic E-state index is 12.3. The minimum atomic E-state index is 0.213. The summed E-state index contributed by atoms with van der Waals surface area (Å²) in [5.41, 5.74) is 1.62. The summed E-state index contributed by atoms with van der Waals surface area (Å²) in [6, 6.07) is 7.79. The lowest BCUT2D eigenvalue weighted by molar-refractivity contribution is 0.0975. The van der Waals surface area contributed by atoms with Gasteiger partial charge in [-0.3, -0.25) is 4.79 Å². The standard InChI is InChI=1S/C16H20O2/c1-4-14-16(13(17)10-9-11(2)3)12-7-5-6-8-15(12)18-14/h5-8,11H,4,9-10H2,1-3H3. The Morgan fingerprint density at radius 3 is 2.67 bits per heavy atom. The number of para-hydroxylation sites is 1. The normalized spacial score (nSPS) is 11.3. The summed E-state index contributed by atoms with van der Waals surface area (Å²) in [7, 11) is 0. The fraction of sp³-hybridized carbons (Fsp3) is 0.438. The average Bonchev–Trinajstić information content (AvgIpc) is 2.74. The van der Waals surface area contributed by atoms with Gasteiger partial charge in [0, 0.05) is 18.2 Å². The zero-order valence-corrected chi connectivity index (χ0v) is 11.3. The van der Waals surface area contributed by atoms with Crippen LogP contribution in [0.5, 0.6) is 0 Å². The summed E-state index contributed by atoms with van der Waals surface area (Å²) in [6.45, 7) is 6.31. The molecule has 0 bridgehead atoms. The Kier molecular flexibility index (Phi) is 3.85. The first kappa shape index (κ1) is 12.9.